The van der Waals surface area contributed by atoms with Gasteiger partial charge < -0.3 is 20.1 Å². The zero-order valence-electron chi connectivity index (χ0n) is 27.8. The maximum Gasteiger partial charge on any atom is 0.225 e. The number of nitrogens with one attached hydrogen (secondary N) is 2. The Morgan fingerprint density at radius 2 is 1.88 bits per heavy atom. The molecule has 0 aliphatic rings. The molecule has 13 heteroatoms. The Morgan fingerprint density at radius 3 is 2.68 bits per heavy atom. The van der Waals surface area contributed by atoms with Gasteiger partial charge in [-0.1, -0.05) is 25.7 Å². The van der Waals surface area contributed by atoms with Gasteiger partial charge in [-0.3, -0.25) is 4.79 Å². The molecule has 1 unspecified atom stereocenters. The van der Waals surface area contributed by atoms with E-state index in [1.54, 1.807) is 40.8 Å². The van der Waals surface area contributed by atoms with E-state index in [-0.39, 0.29) is 31.2 Å². The number of aromatic amines is 1. The number of hydrogen-bond acceptors (Lipinski definition) is 7. The molecular weight excluding hydrogens is 675 g/mol. The fourth-order valence-electron chi connectivity index (χ4n) is 6.09. The van der Waals surface area contributed by atoms with Gasteiger partial charge in [0.05, 0.1) is 45.6 Å². The number of carbonyl (C=O) groups excluding carboxylic acids is 1. The normalized spacial score (nSPS) is 12.7. The Hall–Kier alpha value is -4.98. The number of nitrogens with zero attached hydrogens (tertiary/aromatic N) is 4. The smallest absolute Gasteiger partial charge is 0.225 e. The van der Waals surface area contributed by atoms with Crippen LogP contribution < -0.4 is 5.32 Å². The minimum absolute atomic E-state index is 0.00742. The Kier molecular flexibility index (Phi) is 9.20. The number of rotatable bonds is 12. The van der Waals surface area contributed by atoms with Gasteiger partial charge in [0, 0.05) is 43.4 Å². The Labute approximate surface area is 292 Å². The maximum absolute atomic E-state index is 14.4. The SMILES string of the molecule is C[Si](C)(C)CCOCn1ncc2nc(C(Cc3cc(F)cc(F)c3)NC(=O)Cc3c[nH]c4ccc(O)cc34)c(-c3ccc4scnc4c3)cc21. The zero-order chi connectivity index (χ0) is 35.0. The number of fused-ring (bicyclic) bond motifs is 3. The molecule has 50 heavy (non-hydrogen) atoms. The second kappa shape index (κ2) is 13.7. The van der Waals surface area contributed by atoms with Crippen molar-refractivity contribution < 1.29 is 23.4 Å². The third-order valence-electron chi connectivity index (χ3n) is 8.64. The van der Waals surface area contributed by atoms with Crippen molar-refractivity contribution in [2.24, 2.45) is 0 Å². The molecule has 1 atom stereocenters. The van der Waals surface area contributed by atoms with E-state index in [0.717, 1.165) is 49.9 Å². The number of aromatic hydroxyl groups is 1. The summed E-state index contributed by atoms with van der Waals surface area (Å²) >= 11 is 1.54. The molecule has 0 fully saturated rings. The van der Waals surface area contributed by atoms with Crippen LogP contribution in [0.15, 0.2) is 78.6 Å². The van der Waals surface area contributed by atoms with Crippen molar-refractivity contribution in [3.63, 3.8) is 0 Å². The van der Waals surface area contributed by atoms with Crippen molar-refractivity contribution in [1.29, 1.82) is 0 Å². The summed E-state index contributed by atoms with van der Waals surface area (Å²) in [6.45, 7) is 7.78. The fourth-order valence-corrected chi connectivity index (χ4v) is 7.50. The molecule has 9 nitrogen and oxygen atoms in total. The molecule has 0 saturated carbocycles. The fraction of sp³-hybridized carbons (Fsp3) is 0.243. The average molecular weight is 711 g/mol. The summed E-state index contributed by atoms with van der Waals surface area (Å²) in [5, 5.41) is 18.5. The molecule has 7 aromatic rings. The van der Waals surface area contributed by atoms with E-state index in [1.807, 2.05) is 24.3 Å². The minimum Gasteiger partial charge on any atom is -0.508 e. The number of amides is 1. The molecule has 7 rings (SSSR count). The van der Waals surface area contributed by atoms with Gasteiger partial charge in [-0.05, 0) is 77.7 Å². The van der Waals surface area contributed by atoms with E-state index in [9.17, 15) is 18.7 Å². The number of H-pyrrole nitrogens is 1. The van der Waals surface area contributed by atoms with E-state index < -0.39 is 25.8 Å². The number of phenols is 1. The quantitative estimate of drug-likeness (QED) is 0.0871. The van der Waals surface area contributed by atoms with Gasteiger partial charge in [0.15, 0.2) is 0 Å². The van der Waals surface area contributed by atoms with Crippen LogP contribution >= 0.6 is 11.3 Å². The number of thiazole rings is 1. The van der Waals surface area contributed by atoms with Crippen LogP contribution in [-0.2, 0) is 29.1 Å². The van der Waals surface area contributed by atoms with E-state index >= 15 is 0 Å². The number of ether oxygens (including phenoxy) is 1. The molecule has 0 spiro atoms. The van der Waals surface area contributed by atoms with Crippen LogP contribution in [0.4, 0.5) is 8.78 Å². The first-order valence-electron chi connectivity index (χ1n) is 16.3. The van der Waals surface area contributed by atoms with Crippen LogP contribution in [0.5, 0.6) is 5.75 Å². The minimum atomic E-state index is -1.28. The van der Waals surface area contributed by atoms with Crippen molar-refractivity contribution in [3.8, 4) is 16.9 Å². The van der Waals surface area contributed by atoms with Crippen molar-refractivity contribution in [2.45, 2.75) is 51.3 Å². The highest BCUT2D eigenvalue weighted by Crippen LogP contribution is 2.35. The number of phenolic OH excluding ortho intramolecular Hbond substituents is 1. The first-order valence-corrected chi connectivity index (χ1v) is 20.9. The summed E-state index contributed by atoms with van der Waals surface area (Å²) in [4.78, 5) is 26.5. The molecule has 0 bridgehead atoms. The number of aromatic nitrogens is 5. The summed E-state index contributed by atoms with van der Waals surface area (Å²) in [6, 6.07) is 16.4. The highest BCUT2D eigenvalue weighted by atomic mass is 32.1. The monoisotopic (exact) mass is 710 g/mol. The molecule has 3 N–H and O–H groups in total. The van der Waals surface area contributed by atoms with Gasteiger partial charge in [-0.15, -0.1) is 11.3 Å². The predicted molar refractivity (Wildman–Crippen MR) is 195 cm³/mol. The third kappa shape index (κ3) is 7.44. The number of carbonyl (C=O) groups is 1. The van der Waals surface area contributed by atoms with Crippen molar-refractivity contribution in [3.05, 3.63) is 107 Å². The van der Waals surface area contributed by atoms with E-state index in [1.165, 1.54) is 23.5 Å². The van der Waals surface area contributed by atoms with Gasteiger partial charge in [0.1, 0.15) is 29.6 Å². The zero-order valence-corrected chi connectivity index (χ0v) is 29.7. The molecule has 0 radical (unpaired) electrons. The number of hydrogen-bond donors (Lipinski definition) is 3. The Bertz CT molecular complexity index is 2330. The summed E-state index contributed by atoms with van der Waals surface area (Å²) < 4.78 is 37.7. The summed E-state index contributed by atoms with van der Waals surface area (Å²) in [6.07, 6.45) is 3.45. The standard InChI is InChI=1S/C37H36F2N6O3SSi/c1-50(2,3)9-8-48-21-45-34-17-29(23-4-7-35-31(13-23)41-20-49-35)37(44-33(34)19-42-45)32(12-22-10-25(38)15-26(39)11-22)43-36(47)14-24-18-40-30-6-5-27(46)16-28(24)30/h4-7,10-11,13,15-20,32,40,46H,8-9,12,14,21H2,1-3H3,(H,43,47). The molecule has 4 aromatic heterocycles. The lowest BCUT2D eigenvalue weighted by Gasteiger charge is -2.22. The lowest BCUT2D eigenvalue weighted by atomic mass is 9.94. The van der Waals surface area contributed by atoms with Gasteiger partial charge in [-0.25, -0.2) is 23.4 Å². The second-order valence-corrected chi connectivity index (χ2v) is 20.2. The van der Waals surface area contributed by atoms with Crippen LogP contribution in [0.25, 0.3) is 43.3 Å². The summed E-state index contributed by atoms with van der Waals surface area (Å²) in [7, 11) is -1.28. The van der Waals surface area contributed by atoms with Gasteiger partial charge >= 0.3 is 0 Å². The van der Waals surface area contributed by atoms with E-state index in [4.69, 9.17) is 9.72 Å². The number of halogens is 2. The van der Waals surface area contributed by atoms with Gasteiger partial charge in [-0.2, -0.15) is 5.10 Å². The van der Waals surface area contributed by atoms with Crippen molar-refractivity contribution in [1.82, 2.24) is 30.0 Å². The molecule has 1 amide bonds. The van der Waals surface area contributed by atoms with E-state index in [0.29, 0.717) is 28.9 Å². The van der Waals surface area contributed by atoms with Crippen LogP contribution in [0.2, 0.25) is 25.7 Å². The number of pyridine rings is 1. The van der Waals surface area contributed by atoms with Crippen LogP contribution in [-0.4, -0.2) is 50.4 Å². The van der Waals surface area contributed by atoms with Gasteiger partial charge in [0.25, 0.3) is 0 Å². The molecule has 4 heterocycles. The summed E-state index contributed by atoms with van der Waals surface area (Å²) in [5.74, 6) is -1.66. The Morgan fingerprint density at radius 1 is 1.06 bits per heavy atom. The average Bonchev–Trinajstić information content (AvgIpc) is 3.79. The topological polar surface area (TPSA) is 118 Å². The molecule has 0 aliphatic carbocycles. The predicted octanol–water partition coefficient (Wildman–Crippen LogP) is 8.13. The largest absolute Gasteiger partial charge is 0.508 e. The second-order valence-electron chi connectivity index (χ2n) is 13.7. The first-order chi connectivity index (χ1) is 24.0. The van der Waals surface area contributed by atoms with Crippen LogP contribution in [0.3, 0.4) is 0 Å². The van der Waals surface area contributed by atoms with Gasteiger partial charge in [0.2, 0.25) is 5.91 Å². The highest BCUT2D eigenvalue weighted by Gasteiger charge is 2.25. The van der Waals surface area contributed by atoms with Crippen LogP contribution in [0.1, 0.15) is 22.9 Å². The lowest BCUT2D eigenvalue weighted by Crippen LogP contribution is -2.32. The molecule has 0 saturated heterocycles. The molecule has 3 aromatic carbocycles. The molecule has 256 valence electrons. The molecular formula is C37H36F2N6O3SSi. The third-order valence-corrected chi connectivity index (χ3v) is 11.2. The first kappa shape index (κ1) is 33.5. The summed E-state index contributed by atoms with van der Waals surface area (Å²) in [5.41, 5.74) is 7.82. The van der Waals surface area contributed by atoms with Crippen molar-refractivity contribution in [2.75, 3.05) is 6.61 Å². The van der Waals surface area contributed by atoms with Crippen molar-refractivity contribution >= 4 is 57.5 Å². The number of benzene rings is 3. The molecule has 0 aliphatic heterocycles. The highest BCUT2D eigenvalue weighted by molar-refractivity contribution is 7.16. The van der Waals surface area contributed by atoms with Crippen LogP contribution in [0, 0.1) is 11.6 Å². The Balaban J connectivity index is 1.30. The maximum atomic E-state index is 14.4. The lowest BCUT2D eigenvalue weighted by molar-refractivity contribution is -0.121. The van der Waals surface area contributed by atoms with E-state index in [2.05, 4.69) is 40.0 Å².